The van der Waals surface area contributed by atoms with Crippen molar-refractivity contribution < 1.29 is 9.63 Å². The normalized spacial score (nSPS) is 11.2. The van der Waals surface area contributed by atoms with Gasteiger partial charge in [0.15, 0.2) is 0 Å². The molecule has 0 unspecified atom stereocenters. The molecule has 0 spiro atoms. The van der Waals surface area contributed by atoms with Gasteiger partial charge >= 0.3 is 6.09 Å². The van der Waals surface area contributed by atoms with E-state index in [1.807, 2.05) is 27.7 Å². The van der Waals surface area contributed by atoms with E-state index in [1.54, 1.807) is 5.06 Å². The zero-order chi connectivity index (χ0) is 9.02. The summed E-state index contributed by atoms with van der Waals surface area (Å²) in [4.78, 5) is 15.1. The number of rotatable bonds is 3. The minimum atomic E-state index is -0.757. The van der Waals surface area contributed by atoms with Crippen molar-refractivity contribution in [2.75, 3.05) is 0 Å². The first-order chi connectivity index (χ1) is 4.95. The van der Waals surface area contributed by atoms with Gasteiger partial charge in [0.05, 0.1) is 0 Å². The average Bonchev–Trinajstić information content (AvgIpc) is 1.81. The fourth-order valence-corrected chi connectivity index (χ4v) is 0.911. The highest BCUT2D eigenvalue weighted by atomic mass is 16.7. The first-order valence-electron chi connectivity index (χ1n) is 3.71. The van der Waals surface area contributed by atoms with Gasteiger partial charge in [0, 0.05) is 12.1 Å². The van der Waals surface area contributed by atoms with Gasteiger partial charge in [-0.3, -0.25) is 0 Å². The van der Waals surface area contributed by atoms with E-state index in [9.17, 15) is 4.79 Å². The van der Waals surface area contributed by atoms with Crippen LogP contribution in [0.15, 0.2) is 0 Å². The van der Waals surface area contributed by atoms with Crippen LogP contribution in [0.4, 0.5) is 4.79 Å². The van der Waals surface area contributed by atoms with E-state index in [4.69, 9.17) is 10.6 Å². The number of nitrogens with zero attached hydrogens (tertiary/aromatic N) is 1. The van der Waals surface area contributed by atoms with Gasteiger partial charge in [-0.1, -0.05) is 0 Å². The summed E-state index contributed by atoms with van der Waals surface area (Å²) in [5.74, 6) is 0. The molecule has 0 radical (unpaired) electrons. The molecule has 0 aliphatic carbocycles. The largest absolute Gasteiger partial charge is 0.423 e. The van der Waals surface area contributed by atoms with Gasteiger partial charge in [-0.05, 0) is 27.7 Å². The molecule has 0 heterocycles. The van der Waals surface area contributed by atoms with Gasteiger partial charge in [0.25, 0.3) is 0 Å². The van der Waals surface area contributed by atoms with Crippen LogP contribution in [0.3, 0.4) is 0 Å². The smallest absolute Gasteiger partial charge is 0.351 e. The number of hydrogen-bond donors (Lipinski definition) is 1. The van der Waals surface area contributed by atoms with Gasteiger partial charge in [-0.2, -0.15) is 0 Å². The minimum absolute atomic E-state index is 0.155. The van der Waals surface area contributed by atoms with E-state index in [2.05, 4.69) is 0 Å². The highest BCUT2D eigenvalue weighted by Gasteiger charge is 2.16. The van der Waals surface area contributed by atoms with Crippen molar-refractivity contribution in [3.63, 3.8) is 0 Å². The Morgan fingerprint density at radius 1 is 1.27 bits per heavy atom. The predicted octanol–water partition coefficient (Wildman–Crippen LogP) is 1.12. The van der Waals surface area contributed by atoms with Gasteiger partial charge in [0.2, 0.25) is 0 Å². The summed E-state index contributed by atoms with van der Waals surface area (Å²) in [6.45, 7) is 7.73. The Kier molecular flexibility index (Phi) is 3.89. The summed E-state index contributed by atoms with van der Waals surface area (Å²) in [6.07, 6.45) is -0.757. The lowest BCUT2D eigenvalue weighted by Crippen LogP contribution is -2.40. The van der Waals surface area contributed by atoms with E-state index in [-0.39, 0.29) is 12.1 Å². The van der Waals surface area contributed by atoms with Crippen molar-refractivity contribution in [2.24, 2.45) is 5.73 Å². The molecule has 0 rings (SSSR count). The number of amides is 1. The van der Waals surface area contributed by atoms with E-state index in [1.165, 1.54) is 0 Å². The molecule has 0 bridgehead atoms. The monoisotopic (exact) mass is 160 g/mol. The third kappa shape index (κ3) is 3.83. The quantitative estimate of drug-likeness (QED) is 0.629. The molecule has 0 aromatic heterocycles. The fourth-order valence-electron chi connectivity index (χ4n) is 0.911. The van der Waals surface area contributed by atoms with Crippen LogP contribution in [0.25, 0.3) is 0 Å². The van der Waals surface area contributed by atoms with E-state index < -0.39 is 6.09 Å². The maximum Gasteiger partial charge on any atom is 0.423 e. The third-order valence-corrected chi connectivity index (χ3v) is 1.21. The van der Waals surface area contributed by atoms with E-state index in [0.29, 0.717) is 0 Å². The van der Waals surface area contributed by atoms with Gasteiger partial charge in [-0.15, -0.1) is 5.06 Å². The topological polar surface area (TPSA) is 55.6 Å². The Hall–Kier alpha value is -0.770. The van der Waals surface area contributed by atoms with Crippen LogP contribution in [0.2, 0.25) is 0 Å². The molecule has 4 heteroatoms. The fraction of sp³-hybridized carbons (Fsp3) is 0.857. The third-order valence-electron chi connectivity index (χ3n) is 1.21. The lowest BCUT2D eigenvalue weighted by atomic mass is 10.3. The van der Waals surface area contributed by atoms with Crippen molar-refractivity contribution in [1.29, 1.82) is 0 Å². The Morgan fingerprint density at radius 2 is 1.64 bits per heavy atom. The molecule has 2 N–H and O–H groups in total. The van der Waals surface area contributed by atoms with Gasteiger partial charge in [0.1, 0.15) is 0 Å². The minimum Gasteiger partial charge on any atom is -0.351 e. The summed E-state index contributed by atoms with van der Waals surface area (Å²) in [7, 11) is 0. The highest BCUT2D eigenvalue weighted by molar-refractivity contribution is 5.64. The molecule has 1 amide bonds. The SMILES string of the molecule is CC(C)N(OC(N)=O)C(C)C. The molecule has 4 nitrogen and oxygen atoms in total. The van der Waals surface area contributed by atoms with Crippen LogP contribution in [-0.2, 0) is 4.84 Å². The maximum atomic E-state index is 10.4. The second-order valence-electron chi connectivity index (χ2n) is 2.96. The summed E-state index contributed by atoms with van der Waals surface area (Å²) in [5.41, 5.74) is 4.87. The molecule has 66 valence electrons. The number of nitrogens with two attached hydrogens (primary N) is 1. The lowest BCUT2D eigenvalue weighted by Gasteiger charge is -2.27. The summed E-state index contributed by atoms with van der Waals surface area (Å²) < 4.78 is 0. The molecule has 0 saturated carbocycles. The van der Waals surface area contributed by atoms with Gasteiger partial charge < -0.3 is 10.6 Å². The van der Waals surface area contributed by atoms with Crippen LogP contribution in [0, 0.1) is 0 Å². The molecule has 0 aliphatic heterocycles. The average molecular weight is 160 g/mol. The first-order valence-corrected chi connectivity index (χ1v) is 3.71. The first kappa shape index (κ1) is 10.2. The van der Waals surface area contributed by atoms with Gasteiger partial charge in [-0.25, -0.2) is 4.79 Å². The second kappa shape index (κ2) is 4.18. The van der Waals surface area contributed by atoms with Crippen molar-refractivity contribution in [2.45, 2.75) is 39.8 Å². The summed E-state index contributed by atoms with van der Waals surface area (Å²) in [6, 6.07) is 0.310. The van der Waals surface area contributed by atoms with Crippen molar-refractivity contribution in [1.82, 2.24) is 5.06 Å². The van der Waals surface area contributed by atoms with Crippen LogP contribution >= 0.6 is 0 Å². The van der Waals surface area contributed by atoms with Crippen molar-refractivity contribution in [3.8, 4) is 0 Å². The number of primary amides is 1. The van der Waals surface area contributed by atoms with E-state index in [0.717, 1.165) is 0 Å². The summed E-state index contributed by atoms with van der Waals surface area (Å²) in [5, 5.41) is 1.56. The Morgan fingerprint density at radius 3 is 1.73 bits per heavy atom. The zero-order valence-electron chi connectivity index (χ0n) is 7.50. The summed E-state index contributed by atoms with van der Waals surface area (Å²) >= 11 is 0. The number of carbonyl (C=O) groups is 1. The molecular weight excluding hydrogens is 144 g/mol. The molecule has 0 aromatic carbocycles. The molecule has 0 aromatic rings. The molecule has 11 heavy (non-hydrogen) atoms. The number of carbonyl (C=O) groups excluding carboxylic acids is 1. The molecule has 0 fully saturated rings. The van der Waals surface area contributed by atoms with Crippen LogP contribution < -0.4 is 5.73 Å². The molecule has 0 atom stereocenters. The molecular formula is C7H16N2O2. The van der Waals surface area contributed by atoms with Crippen LogP contribution in [0.1, 0.15) is 27.7 Å². The standard InChI is InChI=1S/C7H16N2O2/c1-5(2)9(6(3)4)11-7(8)10/h5-6H,1-4H3,(H2,8,10). The number of hydrogen-bond acceptors (Lipinski definition) is 3. The molecule has 0 saturated heterocycles. The second-order valence-corrected chi connectivity index (χ2v) is 2.96. The van der Waals surface area contributed by atoms with Crippen molar-refractivity contribution >= 4 is 6.09 Å². The Balaban J connectivity index is 4.00. The number of hydroxylamine groups is 2. The van der Waals surface area contributed by atoms with E-state index >= 15 is 0 Å². The zero-order valence-corrected chi connectivity index (χ0v) is 7.50. The Labute approximate surface area is 67.3 Å². The lowest BCUT2D eigenvalue weighted by molar-refractivity contribution is -0.142. The van der Waals surface area contributed by atoms with Crippen LogP contribution in [0.5, 0.6) is 0 Å². The van der Waals surface area contributed by atoms with Crippen molar-refractivity contribution in [3.05, 3.63) is 0 Å². The van der Waals surface area contributed by atoms with Crippen LogP contribution in [-0.4, -0.2) is 23.2 Å². The highest BCUT2D eigenvalue weighted by Crippen LogP contribution is 2.04. The predicted molar refractivity (Wildman–Crippen MR) is 42.8 cm³/mol. The Bertz CT molecular complexity index is 126. The molecule has 0 aliphatic rings. The maximum absolute atomic E-state index is 10.4.